The van der Waals surface area contributed by atoms with E-state index in [0.717, 1.165) is 36.6 Å². The number of ketones is 1. The van der Waals surface area contributed by atoms with Gasteiger partial charge >= 0.3 is 5.97 Å². The zero-order chi connectivity index (χ0) is 26.2. The first-order chi connectivity index (χ1) is 16.8. The molecule has 0 bridgehead atoms. The maximum atomic E-state index is 16.2. The summed E-state index contributed by atoms with van der Waals surface area (Å²) in [6, 6.07) is 3.23. The molecule has 196 valence electrons. The van der Waals surface area contributed by atoms with Gasteiger partial charge < -0.3 is 9.84 Å². The van der Waals surface area contributed by atoms with Crippen molar-refractivity contribution in [2.24, 2.45) is 39.6 Å². The van der Waals surface area contributed by atoms with Crippen molar-refractivity contribution in [1.29, 1.82) is 0 Å². The van der Waals surface area contributed by atoms with Gasteiger partial charge in [0, 0.05) is 17.8 Å². The normalized spacial score (nSPS) is 40.0. The molecule has 7 nitrogen and oxygen atoms in total. The Balaban J connectivity index is 1.43. The Morgan fingerprint density at radius 1 is 1.25 bits per heavy atom. The number of hydrogen-bond donors (Lipinski definition) is 2. The molecule has 1 aromatic rings. The SMILES string of the molecule is CC1CC2=CC(=O)CC[C@]2(C)C2C(F)C[C@@]3(C)C(CC[C@@H]3OC(=O)c3cc(S(N)(=O)=O)ccc3O)C12. The smallest absolute Gasteiger partial charge is 0.342 e. The molecule has 3 N–H and O–H groups in total. The monoisotopic (exact) mass is 519 g/mol. The molecule has 5 unspecified atom stereocenters. The van der Waals surface area contributed by atoms with Gasteiger partial charge in [-0.2, -0.15) is 0 Å². The third-order valence-electron chi connectivity index (χ3n) is 9.89. The Morgan fingerprint density at radius 3 is 2.67 bits per heavy atom. The van der Waals surface area contributed by atoms with Crippen LogP contribution in [0.5, 0.6) is 5.75 Å². The molecule has 4 aliphatic carbocycles. The van der Waals surface area contributed by atoms with Crippen LogP contribution in [0.3, 0.4) is 0 Å². The van der Waals surface area contributed by atoms with Crippen molar-refractivity contribution in [3.63, 3.8) is 0 Å². The van der Waals surface area contributed by atoms with Crippen LogP contribution in [0, 0.1) is 34.5 Å². The van der Waals surface area contributed by atoms with Crippen LogP contribution in [0.15, 0.2) is 34.7 Å². The van der Waals surface area contributed by atoms with Crippen LogP contribution in [0.2, 0.25) is 0 Å². The third kappa shape index (κ3) is 3.81. The Hall–Kier alpha value is -2.26. The number of carbonyl (C=O) groups excluding carboxylic acids is 2. The van der Waals surface area contributed by atoms with Gasteiger partial charge in [-0.05, 0) is 79.5 Å². The van der Waals surface area contributed by atoms with Gasteiger partial charge in [-0.1, -0.05) is 26.3 Å². The quantitative estimate of drug-likeness (QED) is 0.574. The highest BCUT2D eigenvalue weighted by atomic mass is 32.2. The minimum absolute atomic E-state index is 0.108. The minimum Gasteiger partial charge on any atom is -0.507 e. The molecule has 0 radical (unpaired) electrons. The molecule has 0 aromatic heterocycles. The largest absolute Gasteiger partial charge is 0.507 e. The molecule has 3 fully saturated rings. The van der Waals surface area contributed by atoms with Crippen LogP contribution in [-0.4, -0.2) is 37.6 Å². The number of phenolic OH excluding ortho intramolecular Hbond substituents is 1. The second-order valence-electron chi connectivity index (χ2n) is 11.9. The summed E-state index contributed by atoms with van der Waals surface area (Å²) in [5, 5.41) is 15.4. The van der Waals surface area contributed by atoms with Gasteiger partial charge in [-0.25, -0.2) is 22.7 Å². The molecule has 5 rings (SSSR count). The summed E-state index contributed by atoms with van der Waals surface area (Å²) in [6.07, 6.45) is 3.63. The summed E-state index contributed by atoms with van der Waals surface area (Å²) in [5.41, 5.74) is -0.107. The predicted molar refractivity (Wildman–Crippen MR) is 130 cm³/mol. The van der Waals surface area contributed by atoms with E-state index in [-0.39, 0.29) is 51.7 Å². The maximum absolute atomic E-state index is 16.2. The van der Waals surface area contributed by atoms with Gasteiger partial charge in [-0.3, -0.25) is 4.79 Å². The first-order valence-electron chi connectivity index (χ1n) is 12.7. The lowest BCUT2D eigenvalue weighted by Gasteiger charge is -2.60. The second kappa shape index (κ2) is 8.38. The van der Waals surface area contributed by atoms with E-state index in [0.29, 0.717) is 19.3 Å². The van der Waals surface area contributed by atoms with Crippen molar-refractivity contribution < 1.29 is 32.2 Å². The average molecular weight is 520 g/mol. The zero-order valence-corrected chi connectivity index (χ0v) is 21.7. The third-order valence-corrected chi connectivity index (χ3v) is 10.8. The highest BCUT2D eigenvalue weighted by Gasteiger charge is 2.64. The number of halogens is 1. The fraction of sp³-hybridized carbons (Fsp3) is 0.630. The molecule has 4 aliphatic rings. The summed E-state index contributed by atoms with van der Waals surface area (Å²) in [6.45, 7) is 6.26. The summed E-state index contributed by atoms with van der Waals surface area (Å²) in [4.78, 5) is 24.9. The molecule has 0 aliphatic heterocycles. The fourth-order valence-corrected chi connectivity index (χ4v) is 8.67. The number of nitrogens with two attached hydrogens (primary N) is 1. The van der Waals surface area contributed by atoms with Gasteiger partial charge in [0.1, 0.15) is 23.6 Å². The molecule has 0 heterocycles. The molecule has 3 saturated carbocycles. The van der Waals surface area contributed by atoms with E-state index in [2.05, 4.69) is 13.8 Å². The van der Waals surface area contributed by atoms with Gasteiger partial charge in [0.25, 0.3) is 0 Å². The second-order valence-corrected chi connectivity index (χ2v) is 13.4. The van der Waals surface area contributed by atoms with E-state index >= 15 is 4.39 Å². The highest BCUT2D eigenvalue weighted by molar-refractivity contribution is 7.89. The molecule has 9 heteroatoms. The van der Waals surface area contributed by atoms with Gasteiger partial charge in [0.15, 0.2) is 5.78 Å². The number of esters is 1. The Morgan fingerprint density at radius 2 is 1.97 bits per heavy atom. The van der Waals surface area contributed by atoms with Gasteiger partial charge in [0.2, 0.25) is 10.0 Å². The van der Waals surface area contributed by atoms with Gasteiger partial charge in [-0.15, -0.1) is 0 Å². The number of fused-ring (bicyclic) bond motifs is 5. The summed E-state index contributed by atoms with van der Waals surface area (Å²) < 4.78 is 45.5. The van der Waals surface area contributed by atoms with E-state index in [1.165, 1.54) is 0 Å². The number of alkyl halides is 1. The van der Waals surface area contributed by atoms with Crippen LogP contribution < -0.4 is 5.14 Å². The van der Waals surface area contributed by atoms with Crippen molar-refractivity contribution in [1.82, 2.24) is 0 Å². The minimum atomic E-state index is -4.07. The molecular formula is C27H34FNO6S. The molecule has 36 heavy (non-hydrogen) atoms. The van der Waals surface area contributed by atoms with Crippen molar-refractivity contribution in [3.05, 3.63) is 35.4 Å². The van der Waals surface area contributed by atoms with Crippen molar-refractivity contribution in [3.8, 4) is 5.75 Å². The highest BCUT2D eigenvalue weighted by Crippen LogP contribution is 2.67. The molecule has 0 saturated heterocycles. The number of carbonyl (C=O) groups is 2. The number of phenols is 1. The van der Waals surface area contributed by atoms with Crippen LogP contribution in [0.4, 0.5) is 4.39 Å². The van der Waals surface area contributed by atoms with Crippen LogP contribution in [-0.2, 0) is 19.6 Å². The maximum Gasteiger partial charge on any atom is 0.342 e. The Labute approximate surface area is 211 Å². The Kier molecular flexibility index (Phi) is 5.91. The Bertz CT molecular complexity index is 1260. The number of ether oxygens (including phenoxy) is 1. The lowest BCUT2D eigenvalue weighted by Crippen LogP contribution is -2.58. The molecule has 1 aromatic carbocycles. The number of rotatable bonds is 3. The van der Waals surface area contributed by atoms with Crippen molar-refractivity contribution >= 4 is 21.8 Å². The molecule has 8 atom stereocenters. The van der Waals surface area contributed by atoms with Crippen molar-refractivity contribution in [2.45, 2.75) is 76.5 Å². The average Bonchev–Trinajstić information content (AvgIpc) is 3.09. The molecule has 0 spiro atoms. The van der Waals surface area contributed by atoms with E-state index < -0.39 is 39.4 Å². The first-order valence-corrected chi connectivity index (χ1v) is 14.2. The van der Waals surface area contributed by atoms with Crippen LogP contribution >= 0.6 is 0 Å². The number of benzene rings is 1. The first kappa shape index (κ1) is 25.4. The van der Waals surface area contributed by atoms with Crippen LogP contribution in [0.25, 0.3) is 0 Å². The summed E-state index contributed by atoms with van der Waals surface area (Å²) in [5.74, 6) is -0.829. The summed E-state index contributed by atoms with van der Waals surface area (Å²) in [7, 11) is -4.07. The zero-order valence-electron chi connectivity index (χ0n) is 20.9. The van der Waals surface area contributed by atoms with E-state index in [1.54, 1.807) is 6.08 Å². The van der Waals surface area contributed by atoms with E-state index in [9.17, 15) is 23.1 Å². The lowest BCUT2D eigenvalue weighted by molar-refractivity contribution is -0.136. The predicted octanol–water partition coefficient (Wildman–Crippen LogP) is 4.29. The number of hydrogen-bond acceptors (Lipinski definition) is 6. The number of primary sulfonamides is 1. The molecule has 0 amide bonds. The fourth-order valence-electron chi connectivity index (χ4n) is 8.13. The topological polar surface area (TPSA) is 124 Å². The van der Waals surface area contributed by atoms with Crippen LogP contribution in [0.1, 0.15) is 69.7 Å². The van der Waals surface area contributed by atoms with Gasteiger partial charge in [0.05, 0.1) is 4.90 Å². The lowest BCUT2D eigenvalue weighted by atomic mass is 9.44. The number of sulfonamides is 1. The van der Waals surface area contributed by atoms with Crippen molar-refractivity contribution in [2.75, 3.05) is 0 Å². The summed E-state index contributed by atoms with van der Waals surface area (Å²) >= 11 is 0. The number of allylic oxidation sites excluding steroid dienone is 1. The van der Waals surface area contributed by atoms with E-state index in [4.69, 9.17) is 9.88 Å². The standard InChI is InChI=1S/C27H34FNO6S/c1-14-10-15-11-16(30)8-9-26(15,2)24-20(28)13-27(3)19(23(14)24)5-7-22(27)35-25(32)18-12-17(36(29,33)34)4-6-21(18)31/h4,6,11-12,14,19-20,22-24,31H,5,7-10,13H2,1-3H3,(H2,29,33,34)/t14?,19?,20?,22-,23?,24?,26-,27-/m0/s1. The molecular weight excluding hydrogens is 485 g/mol. The van der Waals surface area contributed by atoms with E-state index in [1.807, 2.05) is 6.92 Å². The number of aromatic hydroxyl groups is 1.